The van der Waals surface area contributed by atoms with Crippen LogP contribution >= 0.6 is 12.4 Å². The van der Waals surface area contributed by atoms with Gasteiger partial charge < -0.3 is 20.1 Å². The second-order valence-electron chi connectivity index (χ2n) is 8.32. The van der Waals surface area contributed by atoms with E-state index < -0.39 is 15.9 Å². The number of aryl methyl sites for hydroxylation is 1. The summed E-state index contributed by atoms with van der Waals surface area (Å²) in [6.45, 7) is 4.15. The number of nitrogens with one attached hydrogen (secondary N) is 2. The summed E-state index contributed by atoms with van der Waals surface area (Å²) in [4.78, 5) is 15.5. The molecule has 0 bridgehead atoms. The Morgan fingerprint density at radius 1 is 1.11 bits per heavy atom. The Hall–Kier alpha value is -3.41. The zero-order chi connectivity index (χ0) is 24.5. The average molecular weight is 518 g/mol. The van der Waals surface area contributed by atoms with Gasteiger partial charge in [0.1, 0.15) is 11.6 Å². The third kappa shape index (κ3) is 6.38. The van der Waals surface area contributed by atoms with E-state index >= 15 is 0 Å². The largest absolute Gasteiger partial charge is 0.353 e. The van der Waals surface area contributed by atoms with Crippen LogP contribution in [0.3, 0.4) is 0 Å². The van der Waals surface area contributed by atoms with E-state index in [1.54, 1.807) is 36.5 Å². The lowest BCUT2D eigenvalue weighted by atomic mass is 10.2. The molecule has 0 aliphatic heterocycles. The van der Waals surface area contributed by atoms with Crippen molar-refractivity contribution in [2.75, 3.05) is 22.6 Å². The number of hydrogen-bond donors (Lipinski definition) is 3. The van der Waals surface area contributed by atoms with Crippen molar-refractivity contribution >= 4 is 62.6 Å². The molecule has 4 aromatic rings. The molecule has 12 heteroatoms. The van der Waals surface area contributed by atoms with Gasteiger partial charge in [-0.3, -0.25) is 4.55 Å². The van der Waals surface area contributed by atoms with Crippen LogP contribution in [0, 0.1) is 0 Å². The van der Waals surface area contributed by atoms with Crippen LogP contribution in [0.5, 0.6) is 0 Å². The first-order chi connectivity index (χ1) is 16.1. The highest BCUT2D eigenvalue weighted by Gasteiger charge is 2.13. The molecule has 0 atom stereocenters. The number of imidazole rings is 1. The zero-order valence-corrected chi connectivity index (χ0v) is 21.4. The summed E-state index contributed by atoms with van der Waals surface area (Å²) in [7, 11) is -0.219. The van der Waals surface area contributed by atoms with Gasteiger partial charge in [0.15, 0.2) is 0 Å². The van der Waals surface area contributed by atoms with Crippen LogP contribution in [0.2, 0.25) is 0 Å². The first-order valence-corrected chi connectivity index (χ1v) is 12.3. The fourth-order valence-electron chi connectivity index (χ4n) is 3.59. The summed E-state index contributed by atoms with van der Waals surface area (Å²) in [6, 6.07) is 14.8. The Kier molecular flexibility index (Phi) is 7.83. The standard InChI is InChI=1S/C23H27N7O3S.ClH/c1-15(2)25-23-27-19-13-18(8-9-20(19)30(23)4)29(3)21-10-11-24-22(28-21)26-17-7-5-6-16(12-17)14-34(31,32)33;/h5-13,15H,14H2,1-4H3,(H,25,27)(H,24,26,28)(H,31,32,33);1H. The molecule has 3 N–H and O–H groups in total. The molecule has 4 rings (SSSR count). The third-order valence-electron chi connectivity index (χ3n) is 5.19. The predicted octanol–water partition coefficient (Wildman–Crippen LogP) is 4.50. The van der Waals surface area contributed by atoms with E-state index in [0.717, 1.165) is 22.7 Å². The normalized spacial score (nSPS) is 11.4. The highest BCUT2D eigenvalue weighted by molar-refractivity contribution is 7.85. The minimum Gasteiger partial charge on any atom is -0.353 e. The smallest absolute Gasteiger partial charge is 0.269 e. The van der Waals surface area contributed by atoms with E-state index in [4.69, 9.17) is 9.54 Å². The van der Waals surface area contributed by atoms with Gasteiger partial charge in [0.25, 0.3) is 10.1 Å². The maximum absolute atomic E-state index is 11.2. The molecular formula is C23H28ClN7O3S. The minimum absolute atomic E-state index is 0. The Bertz CT molecular complexity index is 1440. The summed E-state index contributed by atoms with van der Waals surface area (Å²) in [5, 5.41) is 6.44. The lowest BCUT2D eigenvalue weighted by Crippen LogP contribution is -2.13. The maximum Gasteiger partial charge on any atom is 0.269 e. The molecule has 0 aliphatic rings. The Morgan fingerprint density at radius 2 is 1.89 bits per heavy atom. The molecule has 0 aliphatic carbocycles. The quantitative estimate of drug-likeness (QED) is 0.289. The lowest BCUT2D eigenvalue weighted by molar-refractivity contribution is 0.482. The van der Waals surface area contributed by atoms with E-state index in [1.807, 2.05) is 41.8 Å². The highest BCUT2D eigenvalue weighted by Crippen LogP contribution is 2.28. The second kappa shape index (κ2) is 10.5. The fraction of sp³-hybridized carbons (Fsp3) is 0.261. The lowest BCUT2D eigenvalue weighted by Gasteiger charge is -2.19. The molecule has 35 heavy (non-hydrogen) atoms. The molecule has 0 radical (unpaired) electrons. The molecule has 0 saturated heterocycles. The van der Waals surface area contributed by atoms with Gasteiger partial charge in [0.2, 0.25) is 11.9 Å². The summed E-state index contributed by atoms with van der Waals surface area (Å²) in [5.41, 5.74) is 3.88. The number of aromatic nitrogens is 4. The Morgan fingerprint density at radius 3 is 2.60 bits per heavy atom. The number of anilines is 5. The monoisotopic (exact) mass is 517 g/mol. The van der Waals surface area contributed by atoms with Crippen LogP contribution in [0.15, 0.2) is 54.7 Å². The van der Waals surface area contributed by atoms with Crippen LogP contribution in [0.4, 0.5) is 29.1 Å². The highest BCUT2D eigenvalue weighted by atomic mass is 35.5. The number of nitrogens with zero attached hydrogens (tertiary/aromatic N) is 5. The van der Waals surface area contributed by atoms with Crippen LogP contribution in [-0.4, -0.2) is 45.6 Å². The molecule has 0 fully saturated rings. The number of fused-ring (bicyclic) bond motifs is 1. The van der Waals surface area contributed by atoms with E-state index in [9.17, 15) is 8.42 Å². The Balaban J connectivity index is 0.00000342. The zero-order valence-electron chi connectivity index (χ0n) is 19.8. The average Bonchev–Trinajstić information content (AvgIpc) is 3.06. The molecule has 0 saturated carbocycles. The molecule has 2 aromatic heterocycles. The molecule has 2 heterocycles. The topological polar surface area (TPSA) is 125 Å². The van der Waals surface area contributed by atoms with Crippen LogP contribution < -0.4 is 15.5 Å². The molecule has 2 aromatic carbocycles. The molecule has 0 amide bonds. The van der Waals surface area contributed by atoms with Gasteiger partial charge in [-0.2, -0.15) is 13.4 Å². The number of benzene rings is 2. The third-order valence-corrected chi connectivity index (χ3v) is 5.88. The first-order valence-electron chi connectivity index (χ1n) is 10.7. The van der Waals surface area contributed by atoms with Gasteiger partial charge in [-0.05, 0) is 55.8 Å². The molecular weight excluding hydrogens is 490 g/mol. The van der Waals surface area contributed by atoms with Gasteiger partial charge in [0.05, 0.1) is 11.0 Å². The van der Waals surface area contributed by atoms with Crippen molar-refractivity contribution in [1.29, 1.82) is 0 Å². The van der Waals surface area contributed by atoms with Crippen molar-refractivity contribution < 1.29 is 13.0 Å². The van der Waals surface area contributed by atoms with Crippen LogP contribution in [0.25, 0.3) is 11.0 Å². The van der Waals surface area contributed by atoms with Crippen LogP contribution in [-0.2, 0) is 22.9 Å². The van der Waals surface area contributed by atoms with Crippen LogP contribution in [0.1, 0.15) is 19.4 Å². The fourth-order valence-corrected chi connectivity index (χ4v) is 4.19. The molecule has 0 unspecified atom stereocenters. The van der Waals surface area contributed by atoms with Crippen molar-refractivity contribution in [3.05, 3.63) is 60.3 Å². The number of halogens is 1. The second-order valence-corrected chi connectivity index (χ2v) is 9.77. The number of hydrogen-bond acceptors (Lipinski definition) is 8. The van der Waals surface area contributed by atoms with Gasteiger partial charge in [-0.25, -0.2) is 9.97 Å². The van der Waals surface area contributed by atoms with Crippen molar-refractivity contribution in [2.45, 2.75) is 25.6 Å². The maximum atomic E-state index is 11.2. The SMILES string of the molecule is CC(C)Nc1nc2cc(N(C)c3ccnc(Nc4cccc(CS(=O)(=O)O)c4)n3)ccc2n1C.Cl. The van der Waals surface area contributed by atoms with E-state index in [0.29, 0.717) is 23.0 Å². The predicted molar refractivity (Wildman–Crippen MR) is 142 cm³/mol. The van der Waals surface area contributed by atoms with E-state index in [1.165, 1.54) is 0 Å². The van der Waals surface area contributed by atoms with Gasteiger partial charge in [-0.15, -0.1) is 12.4 Å². The molecule has 186 valence electrons. The van der Waals surface area contributed by atoms with Gasteiger partial charge in [-0.1, -0.05) is 12.1 Å². The van der Waals surface area contributed by atoms with Crippen molar-refractivity contribution in [1.82, 2.24) is 19.5 Å². The van der Waals surface area contributed by atoms with Gasteiger partial charge in [0, 0.05) is 37.7 Å². The van der Waals surface area contributed by atoms with Gasteiger partial charge >= 0.3 is 0 Å². The summed E-state index contributed by atoms with van der Waals surface area (Å²) in [6.07, 6.45) is 1.65. The van der Waals surface area contributed by atoms with Crippen molar-refractivity contribution in [3.8, 4) is 0 Å². The van der Waals surface area contributed by atoms with E-state index in [-0.39, 0.29) is 18.4 Å². The molecule has 0 spiro atoms. The van der Waals surface area contributed by atoms with E-state index in [2.05, 4.69) is 34.4 Å². The summed E-state index contributed by atoms with van der Waals surface area (Å²) in [5.74, 6) is 1.38. The first kappa shape index (κ1) is 26.2. The summed E-state index contributed by atoms with van der Waals surface area (Å²) >= 11 is 0. The van der Waals surface area contributed by atoms with Crippen molar-refractivity contribution in [3.63, 3.8) is 0 Å². The van der Waals surface area contributed by atoms with Crippen molar-refractivity contribution in [2.24, 2.45) is 7.05 Å². The number of rotatable bonds is 8. The Labute approximate surface area is 210 Å². The minimum atomic E-state index is -4.11. The summed E-state index contributed by atoms with van der Waals surface area (Å²) < 4.78 is 33.5. The molecule has 10 nitrogen and oxygen atoms in total.